The maximum Gasteiger partial charge on any atom is 0.330 e. The van der Waals surface area contributed by atoms with Crippen molar-refractivity contribution in [3.63, 3.8) is 0 Å². The molecular weight excluding hydrogens is 194 g/mol. The minimum atomic E-state index is -0.535. The van der Waals surface area contributed by atoms with Gasteiger partial charge in [0.1, 0.15) is 0 Å². The normalized spacial score (nSPS) is 11.7. The van der Waals surface area contributed by atoms with Gasteiger partial charge in [-0.25, -0.2) is 4.79 Å². The number of rotatable bonds is 6. The van der Waals surface area contributed by atoms with Gasteiger partial charge in [0.25, 0.3) is 0 Å². The second-order valence-electron chi connectivity index (χ2n) is 4.02. The predicted octanol–water partition coefficient (Wildman–Crippen LogP) is 1.40. The molecule has 4 heteroatoms. The molecule has 0 saturated carbocycles. The van der Waals surface area contributed by atoms with Crippen molar-refractivity contribution in [1.29, 1.82) is 0 Å². The first-order valence-electron chi connectivity index (χ1n) is 4.99. The fraction of sp³-hybridized carbons (Fsp3) is 0.636. The van der Waals surface area contributed by atoms with Gasteiger partial charge >= 0.3 is 5.97 Å². The van der Waals surface area contributed by atoms with Crippen LogP contribution in [0.1, 0.15) is 33.6 Å². The Kier molecular flexibility index (Phi) is 5.67. The Labute approximate surface area is 90.5 Å². The van der Waals surface area contributed by atoms with Crippen LogP contribution in [0.25, 0.3) is 0 Å². The second-order valence-corrected chi connectivity index (χ2v) is 4.02. The van der Waals surface area contributed by atoms with E-state index in [9.17, 15) is 9.59 Å². The molecule has 0 fully saturated rings. The predicted molar refractivity (Wildman–Crippen MR) is 58.0 cm³/mol. The van der Waals surface area contributed by atoms with Crippen molar-refractivity contribution in [3.05, 3.63) is 12.2 Å². The van der Waals surface area contributed by atoms with E-state index < -0.39 is 5.41 Å². The summed E-state index contributed by atoms with van der Waals surface area (Å²) in [4.78, 5) is 21.9. The average molecular weight is 213 g/mol. The fourth-order valence-corrected chi connectivity index (χ4v) is 0.994. The second kappa shape index (κ2) is 6.22. The summed E-state index contributed by atoms with van der Waals surface area (Å²) in [5.74, 6) is -0.684. The van der Waals surface area contributed by atoms with Crippen molar-refractivity contribution in [1.82, 2.24) is 0 Å². The lowest BCUT2D eigenvalue weighted by Gasteiger charge is -2.19. The molecule has 4 nitrogen and oxygen atoms in total. The maximum absolute atomic E-state index is 11.0. The molecule has 0 heterocycles. The van der Waals surface area contributed by atoms with Gasteiger partial charge in [0, 0.05) is 11.5 Å². The molecule has 0 rings (SSSR count). The Morgan fingerprint density at radius 3 is 2.47 bits per heavy atom. The number of ether oxygens (including phenoxy) is 1. The molecule has 0 aromatic rings. The van der Waals surface area contributed by atoms with Gasteiger partial charge in [0.2, 0.25) is 5.91 Å². The van der Waals surface area contributed by atoms with E-state index in [1.165, 1.54) is 6.08 Å². The molecule has 0 spiro atoms. The number of allylic oxidation sites excluding steroid dienone is 1. The lowest BCUT2D eigenvalue weighted by atomic mass is 9.87. The van der Waals surface area contributed by atoms with Crippen LogP contribution < -0.4 is 5.73 Å². The molecule has 0 atom stereocenters. The third-order valence-corrected chi connectivity index (χ3v) is 2.16. The monoisotopic (exact) mass is 213 g/mol. The van der Waals surface area contributed by atoms with Crippen LogP contribution in [0.4, 0.5) is 0 Å². The molecule has 0 radical (unpaired) electrons. The van der Waals surface area contributed by atoms with E-state index in [-0.39, 0.29) is 11.9 Å². The van der Waals surface area contributed by atoms with Gasteiger partial charge in [-0.15, -0.1) is 0 Å². The summed E-state index contributed by atoms with van der Waals surface area (Å²) in [5, 5.41) is 0. The smallest absolute Gasteiger partial charge is 0.330 e. The Balaban J connectivity index is 3.72. The lowest BCUT2D eigenvalue weighted by Crippen LogP contribution is -2.31. The minimum Gasteiger partial charge on any atom is -0.463 e. The van der Waals surface area contributed by atoms with Crippen LogP contribution >= 0.6 is 0 Å². The molecule has 1 amide bonds. The van der Waals surface area contributed by atoms with Crippen molar-refractivity contribution in [3.8, 4) is 0 Å². The number of carbonyl (C=O) groups is 2. The van der Waals surface area contributed by atoms with E-state index in [1.54, 1.807) is 26.8 Å². The molecule has 0 aliphatic carbocycles. The van der Waals surface area contributed by atoms with E-state index in [1.807, 2.05) is 0 Å². The van der Waals surface area contributed by atoms with E-state index in [2.05, 4.69) is 0 Å². The van der Waals surface area contributed by atoms with Crippen molar-refractivity contribution in [2.24, 2.45) is 11.1 Å². The SMILES string of the molecule is CC=CC(=O)OCCCC(C)(C)C(N)=O. The summed E-state index contributed by atoms with van der Waals surface area (Å²) in [6, 6.07) is 0. The summed E-state index contributed by atoms with van der Waals surface area (Å²) in [7, 11) is 0. The minimum absolute atomic E-state index is 0.319. The zero-order valence-electron chi connectivity index (χ0n) is 9.58. The molecule has 0 aromatic carbocycles. The number of esters is 1. The number of hydrogen-bond acceptors (Lipinski definition) is 3. The van der Waals surface area contributed by atoms with Crippen LogP contribution in [0, 0.1) is 5.41 Å². The highest BCUT2D eigenvalue weighted by atomic mass is 16.5. The van der Waals surface area contributed by atoms with Crippen LogP contribution in [0.5, 0.6) is 0 Å². The number of carbonyl (C=O) groups excluding carboxylic acids is 2. The third kappa shape index (κ3) is 5.88. The Hall–Kier alpha value is -1.32. The van der Waals surface area contributed by atoms with Gasteiger partial charge < -0.3 is 10.5 Å². The number of primary amides is 1. The van der Waals surface area contributed by atoms with Crippen molar-refractivity contribution >= 4 is 11.9 Å². The molecule has 0 bridgehead atoms. The maximum atomic E-state index is 11.0. The largest absolute Gasteiger partial charge is 0.463 e. The number of amides is 1. The fourth-order valence-electron chi connectivity index (χ4n) is 0.994. The zero-order valence-corrected chi connectivity index (χ0v) is 9.58. The van der Waals surface area contributed by atoms with Gasteiger partial charge in [-0.05, 0) is 19.8 Å². The van der Waals surface area contributed by atoms with Crippen LogP contribution in [0.3, 0.4) is 0 Å². The lowest BCUT2D eigenvalue weighted by molar-refractivity contribution is -0.138. The molecule has 0 saturated heterocycles. The summed E-state index contributed by atoms with van der Waals surface area (Å²) in [5.41, 5.74) is 4.67. The van der Waals surface area contributed by atoms with Crippen molar-refractivity contribution in [2.45, 2.75) is 33.6 Å². The third-order valence-electron chi connectivity index (χ3n) is 2.16. The van der Waals surface area contributed by atoms with Crippen LogP contribution in [0.15, 0.2) is 12.2 Å². The zero-order chi connectivity index (χ0) is 11.9. The topological polar surface area (TPSA) is 69.4 Å². The highest BCUT2D eigenvalue weighted by Gasteiger charge is 2.23. The summed E-state index contributed by atoms with van der Waals surface area (Å²) >= 11 is 0. The van der Waals surface area contributed by atoms with Gasteiger partial charge in [-0.3, -0.25) is 4.79 Å². The van der Waals surface area contributed by atoms with E-state index >= 15 is 0 Å². The number of hydrogen-bond donors (Lipinski definition) is 1. The molecule has 0 aromatic heterocycles. The molecule has 15 heavy (non-hydrogen) atoms. The summed E-state index contributed by atoms with van der Waals surface area (Å²) in [6.45, 7) is 5.63. The Morgan fingerprint density at radius 1 is 1.40 bits per heavy atom. The summed E-state index contributed by atoms with van der Waals surface area (Å²) < 4.78 is 4.88. The van der Waals surface area contributed by atoms with Crippen LogP contribution in [-0.4, -0.2) is 18.5 Å². The first kappa shape index (κ1) is 13.7. The molecular formula is C11H19NO3. The standard InChI is InChI=1S/C11H19NO3/c1-4-6-9(13)15-8-5-7-11(2,3)10(12)14/h4,6H,5,7-8H2,1-3H3,(H2,12,14). The summed E-state index contributed by atoms with van der Waals surface area (Å²) in [6.07, 6.45) is 4.24. The van der Waals surface area contributed by atoms with Gasteiger partial charge in [-0.1, -0.05) is 19.9 Å². The van der Waals surface area contributed by atoms with Crippen molar-refractivity contribution < 1.29 is 14.3 Å². The van der Waals surface area contributed by atoms with E-state index in [4.69, 9.17) is 10.5 Å². The quantitative estimate of drug-likeness (QED) is 0.412. The molecule has 86 valence electrons. The van der Waals surface area contributed by atoms with Crippen LogP contribution in [0.2, 0.25) is 0 Å². The van der Waals surface area contributed by atoms with Gasteiger partial charge in [-0.2, -0.15) is 0 Å². The number of nitrogens with two attached hydrogens (primary N) is 1. The van der Waals surface area contributed by atoms with Gasteiger partial charge in [0.05, 0.1) is 6.61 Å². The highest BCUT2D eigenvalue weighted by molar-refractivity contribution is 5.81. The Bertz CT molecular complexity index is 257. The molecule has 0 unspecified atom stereocenters. The first-order chi connectivity index (χ1) is 6.90. The highest BCUT2D eigenvalue weighted by Crippen LogP contribution is 2.21. The van der Waals surface area contributed by atoms with E-state index in [0.29, 0.717) is 19.4 Å². The Morgan fingerprint density at radius 2 is 2.00 bits per heavy atom. The van der Waals surface area contributed by atoms with Crippen LogP contribution in [-0.2, 0) is 14.3 Å². The molecule has 2 N–H and O–H groups in total. The van der Waals surface area contributed by atoms with Crippen molar-refractivity contribution in [2.75, 3.05) is 6.61 Å². The molecule has 0 aliphatic heterocycles. The molecule has 0 aliphatic rings. The van der Waals surface area contributed by atoms with E-state index in [0.717, 1.165) is 0 Å². The average Bonchev–Trinajstić information content (AvgIpc) is 2.13. The first-order valence-corrected chi connectivity index (χ1v) is 4.99. The van der Waals surface area contributed by atoms with Gasteiger partial charge in [0.15, 0.2) is 0 Å².